The van der Waals surface area contributed by atoms with Crippen LogP contribution in [-0.4, -0.2) is 6.10 Å². The predicted octanol–water partition coefficient (Wildman–Crippen LogP) is 11.9. The highest BCUT2D eigenvalue weighted by atomic mass is 16.5. The Morgan fingerprint density at radius 3 is 1.77 bits per heavy atom. The molecule has 0 amide bonds. The molecule has 0 spiro atoms. The molecular weight excluding hydrogens is 424 g/mol. The first-order chi connectivity index (χ1) is 16.9. The lowest BCUT2D eigenvalue weighted by molar-refractivity contribution is -0.125. The molecule has 0 aliphatic heterocycles. The Bertz CT molecular complexity index is 521. The molecular formula is C34H68O. The maximum atomic E-state index is 5.75. The summed E-state index contributed by atoms with van der Waals surface area (Å²) in [7, 11) is 0. The highest BCUT2D eigenvalue weighted by Gasteiger charge is 2.64. The fourth-order valence-corrected chi connectivity index (χ4v) is 8.00. The van der Waals surface area contributed by atoms with Gasteiger partial charge in [-0.05, 0) is 85.4 Å². The van der Waals surface area contributed by atoms with E-state index in [1.165, 1.54) is 83.5 Å². The summed E-state index contributed by atoms with van der Waals surface area (Å²) in [6, 6.07) is 0. The molecule has 8 atom stereocenters. The topological polar surface area (TPSA) is 9.23 Å². The molecule has 4 aliphatic rings. The van der Waals surface area contributed by atoms with Gasteiger partial charge in [-0.25, -0.2) is 0 Å². The quantitative estimate of drug-likeness (QED) is 0.253. The molecule has 35 heavy (non-hydrogen) atoms. The van der Waals surface area contributed by atoms with E-state index in [1.54, 1.807) is 6.26 Å². The Hall–Kier alpha value is -0.460. The second-order valence-corrected chi connectivity index (χ2v) is 11.6. The third-order valence-electron chi connectivity index (χ3n) is 10.2. The molecule has 0 N–H and O–H groups in total. The van der Waals surface area contributed by atoms with Crippen LogP contribution in [0.2, 0.25) is 0 Å². The third-order valence-corrected chi connectivity index (χ3v) is 10.2. The number of unbranched alkanes of at least 4 members (excludes halogenated alkanes) is 5. The molecule has 1 nitrogen and oxygen atoms in total. The highest BCUT2D eigenvalue weighted by molar-refractivity contribution is 5.13. The van der Waals surface area contributed by atoms with E-state index in [2.05, 4.69) is 41.2 Å². The van der Waals surface area contributed by atoms with Gasteiger partial charge in [0.05, 0.1) is 12.4 Å². The van der Waals surface area contributed by atoms with Gasteiger partial charge in [-0.1, -0.05) is 121 Å². The molecule has 0 aromatic carbocycles. The second kappa shape index (κ2) is 17.9. The standard InChI is InChI=1S/C20H32O.C8H18.3C2H6/c1-5-21-15-6-8-20(4)14(11-15)12-16-17(20)7-9-19(3)13(2)10-18(16)19;1-3-5-7-8-6-4-2;3*1-2/h5,13-18H,1,6-12H2,2-4H3;3-8H2,1-2H3;3*1-2H3. The molecule has 0 heterocycles. The van der Waals surface area contributed by atoms with Crippen molar-refractivity contribution in [3.8, 4) is 0 Å². The SMILES string of the molecule is C=COC1CCC2(C)C(C1)CC1C3CC(C)C3(C)CCC12.CC.CC.CC.CCCCCCCC. The minimum atomic E-state index is 0.451. The summed E-state index contributed by atoms with van der Waals surface area (Å²) in [5.74, 6) is 4.95. The first-order valence-corrected chi connectivity index (χ1v) is 16.2. The van der Waals surface area contributed by atoms with Crippen molar-refractivity contribution in [3.63, 3.8) is 0 Å². The van der Waals surface area contributed by atoms with Gasteiger partial charge in [0.15, 0.2) is 0 Å². The Morgan fingerprint density at radius 2 is 1.29 bits per heavy atom. The van der Waals surface area contributed by atoms with Crippen molar-refractivity contribution in [1.82, 2.24) is 0 Å². The Kier molecular flexibility index (Phi) is 17.7. The van der Waals surface area contributed by atoms with E-state index in [0.717, 1.165) is 29.6 Å². The van der Waals surface area contributed by atoms with Crippen LogP contribution < -0.4 is 0 Å². The van der Waals surface area contributed by atoms with E-state index < -0.39 is 0 Å². The number of rotatable bonds is 7. The molecule has 1 heteroatoms. The van der Waals surface area contributed by atoms with E-state index in [1.807, 2.05) is 41.5 Å². The number of ether oxygens (including phenoxy) is 1. The zero-order valence-electron chi connectivity index (χ0n) is 26.3. The monoisotopic (exact) mass is 493 g/mol. The molecule has 4 fully saturated rings. The Labute approximate surface area is 223 Å². The van der Waals surface area contributed by atoms with Gasteiger partial charge in [0, 0.05) is 0 Å². The van der Waals surface area contributed by atoms with Gasteiger partial charge in [0.2, 0.25) is 0 Å². The van der Waals surface area contributed by atoms with Crippen LogP contribution in [0.5, 0.6) is 0 Å². The number of hydrogen-bond donors (Lipinski definition) is 0. The molecule has 0 aromatic rings. The summed E-state index contributed by atoms with van der Waals surface area (Å²) in [6.07, 6.45) is 20.5. The van der Waals surface area contributed by atoms with E-state index >= 15 is 0 Å². The minimum Gasteiger partial charge on any atom is -0.499 e. The van der Waals surface area contributed by atoms with Crippen LogP contribution in [0.3, 0.4) is 0 Å². The molecule has 4 aliphatic carbocycles. The van der Waals surface area contributed by atoms with Crippen molar-refractivity contribution >= 4 is 0 Å². The fraction of sp³-hybridized carbons (Fsp3) is 0.941. The second-order valence-electron chi connectivity index (χ2n) is 11.6. The van der Waals surface area contributed by atoms with Crippen LogP contribution >= 0.6 is 0 Å². The first kappa shape index (κ1) is 34.5. The zero-order valence-corrected chi connectivity index (χ0v) is 26.3. The van der Waals surface area contributed by atoms with Crippen molar-refractivity contribution < 1.29 is 4.74 Å². The molecule has 0 radical (unpaired) electrons. The summed E-state index contributed by atoms with van der Waals surface area (Å²) in [4.78, 5) is 0. The summed E-state index contributed by atoms with van der Waals surface area (Å²) in [5.41, 5.74) is 1.30. The van der Waals surface area contributed by atoms with Crippen molar-refractivity contribution in [3.05, 3.63) is 12.8 Å². The minimum absolute atomic E-state index is 0.451. The van der Waals surface area contributed by atoms with Crippen molar-refractivity contribution in [1.29, 1.82) is 0 Å². The van der Waals surface area contributed by atoms with Crippen molar-refractivity contribution in [2.75, 3.05) is 0 Å². The maximum absolute atomic E-state index is 5.75. The largest absolute Gasteiger partial charge is 0.499 e. The van der Waals surface area contributed by atoms with Gasteiger partial charge in [-0.15, -0.1) is 0 Å². The highest BCUT2D eigenvalue weighted by Crippen LogP contribution is 2.71. The van der Waals surface area contributed by atoms with Crippen LogP contribution in [0.4, 0.5) is 0 Å². The summed E-state index contributed by atoms with van der Waals surface area (Å²) >= 11 is 0. The van der Waals surface area contributed by atoms with Gasteiger partial charge in [0.1, 0.15) is 0 Å². The van der Waals surface area contributed by atoms with E-state index in [9.17, 15) is 0 Å². The molecule has 0 bridgehead atoms. The van der Waals surface area contributed by atoms with Crippen molar-refractivity contribution in [2.45, 2.75) is 166 Å². The fourth-order valence-electron chi connectivity index (χ4n) is 8.00. The molecule has 210 valence electrons. The average molecular weight is 493 g/mol. The third kappa shape index (κ3) is 8.26. The Morgan fingerprint density at radius 1 is 0.743 bits per heavy atom. The van der Waals surface area contributed by atoms with E-state index in [-0.39, 0.29) is 0 Å². The summed E-state index contributed by atoms with van der Waals surface area (Å²) < 4.78 is 5.75. The molecule has 4 saturated carbocycles. The van der Waals surface area contributed by atoms with Gasteiger partial charge in [-0.3, -0.25) is 0 Å². The summed E-state index contributed by atoms with van der Waals surface area (Å²) in [5, 5.41) is 0. The summed E-state index contributed by atoms with van der Waals surface area (Å²) in [6.45, 7) is 28.0. The maximum Gasteiger partial charge on any atom is 0.0981 e. The van der Waals surface area contributed by atoms with Crippen LogP contribution in [0.1, 0.15) is 160 Å². The van der Waals surface area contributed by atoms with Gasteiger partial charge in [0.25, 0.3) is 0 Å². The molecule has 4 rings (SSSR count). The lowest BCUT2D eigenvalue weighted by atomic mass is 9.43. The van der Waals surface area contributed by atoms with Crippen LogP contribution in [-0.2, 0) is 4.74 Å². The molecule has 8 unspecified atom stereocenters. The molecule has 0 saturated heterocycles. The van der Waals surface area contributed by atoms with Gasteiger partial charge >= 0.3 is 0 Å². The Balaban J connectivity index is 0.000000702. The predicted molar refractivity (Wildman–Crippen MR) is 160 cm³/mol. The normalized spacial score (nSPS) is 37.8. The smallest absolute Gasteiger partial charge is 0.0981 e. The van der Waals surface area contributed by atoms with E-state index in [0.29, 0.717) is 16.9 Å². The van der Waals surface area contributed by atoms with Gasteiger partial charge < -0.3 is 4.74 Å². The lowest BCUT2D eigenvalue weighted by Crippen LogP contribution is -2.54. The molecule has 0 aromatic heterocycles. The van der Waals surface area contributed by atoms with Crippen LogP contribution in [0, 0.1) is 40.4 Å². The number of hydrogen-bond acceptors (Lipinski definition) is 1. The van der Waals surface area contributed by atoms with Crippen LogP contribution in [0.25, 0.3) is 0 Å². The lowest BCUT2D eigenvalue weighted by Gasteiger charge is -2.61. The van der Waals surface area contributed by atoms with Crippen molar-refractivity contribution in [2.24, 2.45) is 40.4 Å². The number of fused-ring (bicyclic) bond motifs is 5. The first-order valence-electron chi connectivity index (χ1n) is 16.2. The zero-order chi connectivity index (χ0) is 27.1. The van der Waals surface area contributed by atoms with E-state index in [4.69, 9.17) is 4.74 Å². The van der Waals surface area contributed by atoms with Gasteiger partial charge in [-0.2, -0.15) is 0 Å². The average Bonchev–Trinajstić information content (AvgIpc) is 3.19. The van der Waals surface area contributed by atoms with Crippen LogP contribution in [0.15, 0.2) is 12.8 Å².